The van der Waals surface area contributed by atoms with Crippen molar-refractivity contribution in [2.75, 3.05) is 16.9 Å². The Bertz CT molecular complexity index is 873. The first-order valence-electron chi connectivity index (χ1n) is 8.00. The summed E-state index contributed by atoms with van der Waals surface area (Å²) in [7, 11) is 0. The van der Waals surface area contributed by atoms with Crippen LogP contribution in [-0.4, -0.2) is 18.1 Å². The SMILES string of the molecule is CSCc1ccc(C(=O)Nc2ccc(NC(=O)c3cccs3)cc2)cc1. The predicted molar refractivity (Wildman–Crippen MR) is 110 cm³/mol. The lowest BCUT2D eigenvalue weighted by Gasteiger charge is -2.08. The van der Waals surface area contributed by atoms with Crippen molar-refractivity contribution in [3.05, 3.63) is 82.0 Å². The summed E-state index contributed by atoms with van der Waals surface area (Å²) in [4.78, 5) is 25.0. The number of rotatable bonds is 6. The van der Waals surface area contributed by atoms with Gasteiger partial charge in [-0.2, -0.15) is 11.8 Å². The molecule has 0 bridgehead atoms. The molecule has 3 rings (SSSR count). The molecule has 0 saturated heterocycles. The molecule has 2 N–H and O–H groups in total. The molecule has 0 saturated carbocycles. The third kappa shape index (κ3) is 4.74. The number of nitrogens with one attached hydrogen (secondary N) is 2. The molecule has 0 spiro atoms. The number of hydrogen-bond donors (Lipinski definition) is 2. The summed E-state index contributed by atoms with van der Waals surface area (Å²) in [6.45, 7) is 0. The highest BCUT2D eigenvalue weighted by atomic mass is 32.2. The van der Waals surface area contributed by atoms with Gasteiger partial charge in [-0.1, -0.05) is 18.2 Å². The topological polar surface area (TPSA) is 58.2 Å². The maximum atomic E-state index is 12.3. The lowest BCUT2D eigenvalue weighted by atomic mass is 10.1. The van der Waals surface area contributed by atoms with Gasteiger partial charge >= 0.3 is 0 Å². The van der Waals surface area contributed by atoms with Crippen molar-refractivity contribution in [3.8, 4) is 0 Å². The third-order valence-electron chi connectivity index (χ3n) is 3.67. The Labute approximate surface area is 160 Å². The summed E-state index contributed by atoms with van der Waals surface area (Å²) in [5.74, 6) is 0.638. The third-order valence-corrected chi connectivity index (χ3v) is 5.16. The van der Waals surface area contributed by atoms with E-state index in [1.165, 1.54) is 16.9 Å². The zero-order valence-corrected chi connectivity index (χ0v) is 15.8. The largest absolute Gasteiger partial charge is 0.322 e. The first-order valence-corrected chi connectivity index (χ1v) is 10.3. The minimum atomic E-state index is -0.156. The highest BCUT2D eigenvalue weighted by molar-refractivity contribution is 7.97. The van der Waals surface area contributed by atoms with E-state index in [2.05, 4.69) is 10.6 Å². The van der Waals surface area contributed by atoms with Crippen molar-refractivity contribution in [1.29, 1.82) is 0 Å². The molecule has 26 heavy (non-hydrogen) atoms. The van der Waals surface area contributed by atoms with Gasteiger partial charge in [0.25, 0.3) is 11.8 Å². The summed E-state index contributed by atoms with van der Waals surface area (Å²) in [5, 5.41) is 7.56. The second kappa shape index (κ2) is 8.69. The van der Waals surface area contributed by atoms with E-state index in [0.29, 0.717) is 21.8 Å². The summed E-state index contributed by atoms with van der Waals surface area (Å²) >= 11 is 3.14. The van der Waals surface area contributed by atoms with Crippen LogP contribution in [0, 0.1) is 0 Å². The van der Waals surface area contributed by atoms with Gasteiger partial charge < -0.3 is 10.6 Å². The Morgan fingerprint density at radius 1 is 0.885 bits per heavy atom. The first-order chi connectivity index (χ1) is 12.7. The van der Waals surface area contributed by atoms with Gasteiger partial charge in [-0.05, 0) is 59.7 Å². The molecule has 1 aromatic heterocycles. The van der Waals surface area contributed by atoms with Crippen LogP contribution in [0.2, 0.25) is 0 Å². The zero-order chi connectivity index (χ0) is 18.4. The summed E-state index contributed by atoms with van der Waals surface area (Å²) in [5.41, 5.74) is 3.17. The molecule has 6 heteroatoms. The first kappa shape index (κ1) is 18.2. The van der Waals surface area contributed by atoms with Gasteiger partial charge in [0.05, 0.1) is 4.88 Å². The van der Waals surface area contributed by atoms with Gasteiger partial charge in [-0.25, -0.2) is 0 Å². The van der Waals surface area contributed by atoms with Crippen molar-refractivity contribution >= 4 is 46.3 Å². The molecule has 0 fully saturated rings. The van der Waals surface area contributed by atoms with E-state index in [0.717, 1.165) is 5.75 Å². The maximum Gasteiger partial charge on any atom is 0.265 e. The smallest absolute Gasteiger partial charge is 0.265 e. The van der Waals surface area contributed by atoms with E-state index >= 15 is 0 Å². The number of anilines is 2. The van der Waals surface area contributed by atoms with Gasteiger partial charge in [0.2, 0.25) is 0 Å². The van der Waals surface area contributed by atoms with Crippen LogP contribution >= 0.6 is 23.1 Å². The Balaban J connectivity index is 1.59. The van der Waals surface area contributed by atoms with Crippen LogP contribution in [0.25, 0.3) is 0 Å². The molecular weight excluding hydrogens is 364 g/mol. The molecular formula is C20H18N2O2S2. The summed E-state index contributed by atoms with van der Waals surface area (Å²) in [6.07, 6.45) is 2.05. The summed E-state index contributed by atoms with van der Waals surface area (Å²) < 4.78 is 0. The Hall–Kier alpha value is -2.57. The van der Waals surface area contributed by atoms with Crippen LogP contribution in [-0.2, 0) is 5.75 Å². The molecule has 1 heterocycles. The molecule has 2 aromatic carbocycles. The van der Waals surface area contributed by atoms with Crippen LogP contribution in [0.5, 0.6) is 0 Å². The Morgan fingerprint density at radius 3 is 2.04 bits per heavy atom. The van der Waals surface area contributed by atoms with Gasteiger partial charge in [-0.3, -0.25) is 9.59 Å². The predicted octanol–water partition coefficient (Wildman–Crippen LogP) is 5.12. The number of thiophene rings is 1. The molecule has 0 atom stereocenters. The minimum absolute atomic E-state index is 0.137. The fourth-order valence-electron chi connectivity index (χ4n) is 2.36. The van der Waals surface area contributed by atoms with Gasteiger partial charge in [0.1, 0.15) is 0 Å². The van der Waals surface area contributed by atoms with Gasteiger partial charge in [-0.15, -0.1) is 11.3 Å². The number of benzene rings is 2. The average Bonchev–Trinajstić information content (AvgIpc) is 3.19. The molecule has 4 nitrogen and oxygen atoms in total. The molecule has 0 radical (unpaired) electrons. The van der Waals surface area contributed by atoms with E-state index in [9.17, 15) is 9.59 Å². The van der Waals surface area contributed by atoms with Crippen LogP contribution in [0.15, 0.2) is 66.0 Å². The van der Waals surface area contributed by atoms with Crippen LogP contribution in [0.3, 0.4) is 0 Å². The quantitative estimate of drug-likeness (QED) is 0.622. The van der Waals surface area contributed by atoms with E-state index in [1.54, 1.807) is 42.1 Å². The molecule has 0 aliphatic heterocycles. The normalized spacial score (nSPS) is 10.3. The van der Waals surface area contributed by atoms with Crippen LogP contribution in [0.1, 0.15) is 25.6 Å². The van der Waals surface area contributed by atoms with Crippen LogP contribution in [0.4, 0.5) is 11.4 Å². The van der Waals surface area contributed by atoms with Gasteiger partial charge in [0.15, 0.2) is 0 Å². The van der Waals surface area contributed by atoms with Crippen LogP contribution < -0.4 is 10.6 Å². The van der Waals surface area contributed by atoms with E-state index in [1.807, 2.05) is 42.0 Å². The number of carbonyl (C=O) groups is 2. The second-order valence-corrected chi connectivity index (χ2v) is 7.41. The standard InChI is InChI=1S/C20H18N2O2S2/c1-25-13-14-4-6-15(7-5-14)19(23)21-16-8-10-17(11-9-16)22-20(24)18-3-2-12-26-18/h2-12H,13H2,1H3,(H,21,23)(H,22,24). The van der Waals surface area contributed by atoms with Crippen molar-refractivity contribution in [2.45, 2.75) is 5.75 Å². The molecule has 132 valence electrons. The Kier molecular flexibility index (Phi) is 6.09. The highest BCUT2D eigenvalue weighted by Crippen LogP contribution is 2.17. The molecule has 0 aliphatic rings. The van der Waals surface area contributed by atoms with E-state index in [-0.39, 0.29) is 11.8 Å². The number of thioether (sulfide) groups is 1. The number of carbonyl (C=O) groups excluding carboxylic acids is 2. The Morgan fingerprint density at radius 2 is 1.50 bits per heavy atom. The molecule has 2 amide bonds. The minimum Gasteiger partial charge on any atom is -0.322 e. The van der Waals surface area contributed by atoms with E-state index in [4.69, 9.17) is 0 Å². The van der Waals surface area contributed by atoms with Crippen molar-refractivity contribution in [2.24, 2.45) is 0 Å². The lowest BCUT2D eigenvalue weighted by Crippen LogP contribution is -2.12. The fourth-order valence-corrected chi connectivity index (χ4v) is 3.50. The average molecular weight is 383 g/mol. The van der Waals surface area contributed by atoms with E-state index < -0.39 is 0 Å². The summed E-state index contributed by atoms with van der Waals surface area (Å²) in [6, 6.07) is 18.3. The lowest BCUT2D eigenvalue weighted by molar-refractivity contribution is 0.102. The second-order valence-electron chi connectivity index (χ2n) is 5.59. The molecule has 0 aliphatic carbocycles. The fraction of sp³-hybridized carbons (Fsp3) is 0.100. The van der Waals surface area contributed by atoms with Crippen molar-refractivity contribution < 1.29 is 9.59 Å². The van der Waals surface area contributed by atoms with Crippen molar-refractivity contribution in [3.63, 3.8) is 0 Å². The monoisotopic (exact) mass is 382 g/mol. The van der Waals surface area contributed by atoms with Crippen molar-refractivity contribution in [1.82, 2.24) is 0 Å². The maximum absolute atomic E-state index is 12.3. The highest BCUT2D eigenvalue weighted by Gasteiger charge is 2.08. The molecule has 0 unspecified atom stereocenters. The number of amides is 2. The number of hydrogen-bond acceptors (Lipinski definition) is 4. The zero-order valence-electron chi connectivity index (χ0n) is 14.2. The molecule has 3 aromatic rings. The van der Waals surface area contributed by atoms with Gasteiger partial charge in [0, 0.05) is 22.7 Å².